The highest BCUT2D eigenvalue weighted by Crippen LogP contribution is 2.29. The highest BCUT2D eigenvalue weighted by atomic mass is 16.5. The Morgan fingerprint density at radius 1 is 1.39 bits per heavy atom. The number of amides is 2. The molecule has 7 heteroatoms. The second-order valence-corrected chi connectivity index (χ2v) is 7.75. The zero-order valence-electron chi connectivity index (χ0n) is 17.0. The molecular formula is C21H27N3O4. The normalized spacial score (nSPS) is 18.5. The Labute approximate surface area is 165 Å². The van der Waals surface area contributed by atoms with E-state index in [2.05, 4.69) is 11.4 Å². The van der Waals surface area contributed by atoms with Gasteiger partial charge in [-0.25, -0.2) is 0 Å². The summed E-state index contributed by atoms with van der Waals surface area (Å²) in [6, 6.07) is 7.77. The summed E-state index contributed by atoms with van der Waals surface area (Å²) in [6.45, 7) is 8.92. The number of hydrogen-bond acceptors (Lipinski definition) is 5. The molecule has 7 nitrogen and oxygen atoms in total. The number of benzene rings is 1. The van der Waals surface area contributed by atoms with Gasteiger partial charge in [-0.05, 0) is 43.9 Å². The number of nitrogens with one attached hydrogen (secondary N) is 1. The summed E-state index contributed by atoms with van der Waals surface area (Å²) in [7, 11) is 0. The molecule has 28 heavy (non-hydrogen) atoms. The van der Waals surface area contributed by atoms with Crippen LogP contribution < -0.4 is 10.2 Å². The molecule has 0 radical (unpaired) electrons. The monoisotopic (exact) mass is 385 g/mol. The van der Waals surface area contributed by atoms with E-state index in [0.717, 1.165) is 16.8 Å². The number of hydrogen-bond donors (Lipinski definition) is 1. The first-order valence-corrected chi connectivity index (χ1v) is 9.34. The molecule has 150 valence electrons. The van der Waals surface area contributed by atoms with Crippen LogP contribution in [-0.4, -0.2) is 36.5 Å². The lowest BCUT2D eigenvalue weighted by atomic mass is 9.90. The maximum Gasteiger partial charge on any atom is 0.311 e. The minimum atomic E-state index is -1.04. The van der Waals surface area contributed by atoms with Crippen LogP contribution in [0.25, 0.3) is 0 Å². The molecule has 1 fully saturated rings. The van der Waals surface area contributed by atoms with E-state index in [0.29, 0.717) is 0 Å². The van der Waals surface area contributed by atoms with Gasteiger partial charge in [-0.15, -0.1) is 0 Å². The predicted molar refractivity (Wildman–Crippen MR) is 104 cm³/mol. The molecule has 2 amide bonds. The van der Waals surface area contributed by atoms with Crippen LogP contribution in [0.15, 0.2) is 18.2 Å². The third kappa shape index (κ3) is 4.50. The van der Waals surface area contributed by atoms with Gasteiger partial charge in [0.15, 0.2) is 6.61 Å². The minimum absolute atomic E-state index is 0.0513. The van der Waals surface area contributed by atoms with Gasteiger partial charge in [0.1, 0.15) is 5.54 Å². The fourth-order valence-electron chi connectivity index (χ4n) is 3.01. The van der Waals surface area contributed by atoms with Crippen LogP contribution in [0, 0.1) is 37.0 Å². The number of anilines is 1. The van der Waals surface area contributed by atoms with Crippen molar-refractivity contribution >= 4 is 23.5 Å². The van der Waals surface area contributed by atoms with E-state index in [4.69, 9.17) is 4.74 Å². The highest BCUT2D eigenvalue weighted by molar-refractivity contribution is 6.00. The lowest BCUT2D eigenvalue weighted by molar-refractivity contribution is -0.152. The van der Waals surface area contributed by atoms with E-state index < -0.39 is 29.9 Å². The number of nitrogens with zero attached hydrogens (tertiary/aromatic N) is 2. The van der Waals surface area contributed by atoms with Crippen LogP contribution in [-0.2, 0) is 19.1 Å². The van der Waals surface area contributed by atoms with Gasteiger partial charge in [-0.3, -0.25) is 14.4 Å². The smallest absolute Gasteiger partial charge is 0.311 e. The number of ether oxygens (including phenoxy) is 1. The van der Waals surface area contributed by atoms with Crippen LogP contribution in [0.2, 0.25) is 0 Å². The van der Waals surface area contributed by atoms with Crippen molar-refractivity contribution in [2.75, 3.05) is 18.1 Å². The van der Waals surface area contributed by atoms with Gasteiger partial charge in [-0.2, -0.15) is 5.26 Å². The Morgan fingerprint density at radius 3 is 2.68 bits per heavy atom. The van der Waals surface area contributed by atoms with E-state index in [9.17, 15) is 19.6 Å². The summed E-state index contributed by atoms with van der Waals surface area (Å²) < 4.78 is 5.11. The van der Waals surface area contributed by atoms with Gasteiger partial charge in [0.25, 0.3) is 5.91 Å². The van der Waals surface area contributed by atoms with Gasteiger partial charge in [0.05, 0.1) is 12.0 Å². The van der Waals surface area contributed by atoms with Gasteiger partial charge < -0.3 is 15.0 Å². The number of carbonyl (C=O) groups excluding carboxylic acids is 3. The molecule has 1 aromatic carbocycles. The number of carbonyl (C=O) groups is 3. The molecule has 0 spiro atoms. The number of esters is 1. The third-order valence-electron chi connectivity index (χ3n) is 5.46. The van der Waals surface area contributed by atoms with Crippen LogP contribution >= 0.6 is 0 Å². The van der Waals surface area contributed by atoms with E-state index in [1.807, 2.05) is 45.9 Å². The Hall–Kier alpha value is -2.88. The van der Waals surface area contributed by atoms with Crippen molar-refractivity contribution in [3.05, 3.63) is 29.3 Å². The van der Waals surface area contributed by atoms with E-state index in [1.165, 1.54) is 0 Å². The quantitative estimate of drug-likeness (QED) is 0.757. The predicted octanol–water partition coefficient (Wildman–Crippen LogP) is 2.25. The first kappa shape index (κ1) is 21.4. The van der Waals surface area contributed by atoms with Crippen molar-refractivity contribution in [2.24, 2.45) is 11.8 Å². The summed E-state index contributed by atoms with van der Waals surface area (Å²) in [6.07, 6.45) is 0.0513. The zero-order chi connectivity index (χ0) is 21.1. The Bertz CT molecular complexity index is 827. The lowest BCUT2D eigenvalue weighted by Gasteiger charge is -2.27. The van der Waals surface area contributed by atoms with E-state index in [1.54, 1.807) is 11.8 Å². The first-order chi connectivity index (χ1) is 13.1. The molecule has 0 bridgehead atoms. The average molecular weight is 385 g/mol. The fraction of sp³-hybridized carbons (Fsp3) is 0.524. The van der Waals surface area contributed by atoms with Crippen molar-refractivity contribution in [3.8, 4) is 6.07 Å². The summed E-state index contributed by atoms with van der Waals surface area (Å²) in [5.41, 5.74) is 1.82. The van der Waals surface area contributed by atoms with Gasteiger partial charge in [0, 0.05) is 18.7 Å². The van der Waals surface area contributed by atoms with Gasteiger partial charge >= 0.3 is 5.97 Å². The zero-order valence-corrected chi connectivity index (χ0v) is 17.0. The van der Waals surface area contributed by atoms with Crippen LogP contribution in [0.4, 0.5) is 5.69 Å². The van der Waals surface area contributed by atoms with Crippen LogP contribution in [0.3, 0.4) is 0 Å². The Kier molecular flexibility index (Phi) is 6.45. The molecule has 1 heterocycles. The Morgan fingerprint density at radius 2 is 2.07 bits per heavy atom. The molecule has 1 N–H and O–H groups in total. The van der Waals surface area contributed by atoms with Crippen molar-refractivity contribution in [1.82, 2.24) is 5.32 Å². The molecule has 1 aliphatic rings. The molecule has 0 saturated carbocycles. The topological polar surface area (TPSA) is 99.5 Å². The summed E-state index contributed by atoms with van der Waals surface area (Å²) >= 11 is 0. The number of nitriles is 1. The van der Waals surface area contributed by atoms with Crippen molar-refractivity contribution in [1.29, 1.82) is 5.26 Å². The minimum Gasteiger partial charge on any atom is -0.455 e. The molecule has 0 aromatic heterocycles. The van der Waals surface area contributed by atoms with Crippen LogP contribution in [0.5, 0.6) is 0 Å². The second-order valence-electron chi connectivity index (χ2n) is 7.75. The van der Waals surface area contributed by atoms with Crippen molar-refractivity contribution < 1.29 is 19.1 Å². The van der Waals surface area contributed by atoms with E-state index in [-0.39, 0.29) is 24.8 Å². The molecule has 1 aromatic rings. The van der Waals surface area contributed by atoms with Gasteiger partial charge in [-0.1, -0.05) is 26.0 Å². The third-order valence-corrected chi connectivity index (χ3v) is 5.46. The largest absolute Gasteiger partial charge is 0.455 e. The van der Waals surface area contributed by atoms with Crippen molar-refractivity contribution in [2.45, 2.75) is 46.6 Å². The lowest BCUT2D eigenvalue weighted by Crippen LogP contribution is -2.50. The molecule has 1 aliphatic heterocycles. The Balaban J connectivity index is 1.96. The molecule has 1 saturated heterocycles. The van der Waals surface area contributed by atoms with Gasteiger partial charge in [0.2, 0.25) is 5.91 Å². The number of aryl methyl sites for hydroxylation is 1. The molecule has 0 aliphatic carbocycles. The summed E-state index contributed by atoms with van der Waals surface area (Å²) in [4.78, 5) is 38.4. The average Bonchev–Trinajstić information content (AvgIpc) is 3.03. The van der Waals surface area contributed by atoms with Crippen LogP contribution in [0.1, 0.15) is 38.3 Å². The van der Waals surface area contributed by atoms with Crippen molar-refractivity contribution in [3.63, 3.8) is 0 Å². The first-order valence-electron chi connectivity index (χ1n) is 9.34. The molecule has 0 unspecified atom stereocenters. The number of rotatable bonds is 6. The SMILES string of the molecule is Cc1cccc(N2C[C@H](C(=O)OCC(=O)N[C@@](C)(C#N)C(C)C)CC2=O)c1C. The molecule has 2 rings (SSSR count). The standard InChI is InChI=1S/C21H27N3O4/c1-13(2)21(5,12-22)23-18(25)11-28-20(27)16-9-19(26)24(10-16)17-8-6-7-14(3)15(17)4/h6-8,13,16H,9-11H2,1-5H3,(H,23,25)/t16-,21+/m1/s1. The summed E-state index contributed by atoms with van der Waals surface area (Å²) in [5, 5.41) is 11.8. The molecular weight excluding hydrogens is 358 g/mol. The molecule has 2 atom stereocenters. The second kappa shape index (κ2) is 8.42. The summed E-state index contributed by atoms with van der Waals surface area (Å²) in [5.74, 6) is -1.98. The van der Waals surface area contributed by atoms with E-state index >= 15 is 0 Å². The highest BCUT2D eigenvalue weighted by Gasteiger charge is 2.37. The fourth-order valence-corrected chi connectivity index (χ4v) is 3.01. The maximum absolute atomic E-state index is 12.4. The maximum atomic E-state index is 12.4.